The summed E-state index contributed by atoms with van der Waals surface area (Å²) in [7, 11) is 0. The molecular formula is C5H11NO. The molecule has 1 saturated heterocycles. The van der Waals surface area contributed by atoms with Crippen molar-refractivity contribution in [3.8, 4) is 0 Å². The quantitative estimate of drug-likeness (QED) is 0.507. The minimum absolute atomic E-state index is 0.375. The molecule has 0 radical (unpaired) electrons. The highest BCUT2D eigenvalue weighted by molar-refractivity contribution is 4.67. The first-order chi connectivity index (χ1) is 3.29. The van der Waals surface area contributed by atoms with Gasteiger partial charge in [0.2, 0.25) is 0 Å². The van der Waals surface area contributed by atoms with Crippen LogP contribution in [0.2, 0.25) is 0 Å². The van der Waals surface area contributed by atoms with Crippen LogP contribution in [0.3, 0.4) is 0 Å². The molecule has 1 rings (SSSR count). The van der Waals surface area contributed by atoms with Crippen LogP contribution in [0.5, 0.6) is 0 Å². The molecule has 1 atom stereocenters. The summed E-state index contributed by atoms with van der Waals surface area (Å²) in [5, 5.41) is 3.19. The van der Waals surface area contributed by atoms with E-state index in [1.807, 2.05) is 0 Å². The Bertz CT molecular complexity index is 59.1. The second-order valence-corrected chi connectivity index (χ2v) is 2.14. The third-order valence-electron chi connectivity index (χ3n) is 0.853. The van der Waals surface area contributed by atoms with Crippen LogP contribution in [0, 0.1) is 0 Å². The van der Waals surface area contributed by atoms with E-state index in [0.717, 1.165) is 6.61 Å². The molecule has 1 unspecified atom stereocenters. The maximum Gasteiger partial charge on any atom is 0.132 e. The van der Waals surface area contributed by atoms with Crippen molar-refractivity contribution in [2.24, 2.45) is 0 Å². The molecule has 2 heteroatoms. The van der Waals surface area contributed by atoms with Crippen LogP contribution in [0.4, 0.5) is 0 Å². The van der Waals surface area contributed by atoms with Crippen molar-refractivity contribution in [3.63, 3.8) is 0 Å². The molecule has 1 N–H and O–H groups in total. The zero-order valence-corrected chi connectivity index (χ0v) is 4.77. The average Bonchev–Trinajstić information content (AvgIpc) is 2.17. The van der Waals surface area contributed by atoms with Crippen molar-refractivity contribution in [3.05, 3.63) is 0 Å². The topological polar surface area (TPSA) is 24.6 Å². The van der Waals surface area contributed by atoms with E-state index in [-0.39, 0.29) is 0 Å². The second kappa shape index (κ2) is 1.80. The highest BCUT2D eigenvalue weighted by Gasteiger charge is 2.21. The van der Waals surface area contributed by atoms with E-state index >= 15 is 0 Å². The monoisotopic (exact) mass is 101 g/mol. The van der Waals surface area contributed by atoms with Crippen molar-refractivity contribution in [1.29, 1.82) is 0 Å². The lowest BCUT2D eigenvalue weighted by molar-refractivity contribution is 0.353. The van der Waals surface area contributed by atoms with Gasteiger partial charge in [0.1, 0.15) is 6.23 Å². The number of ether oxygens (including phenoxy) is 1. The summed E-state index contributed by atoms with van der Waals surface area (Å²) in [4.78, 5) is 0. The van der Waals surface area contributed by atoms with Crippen molar-refractivity contribution in [1.82, 2.24) is 5.32 Å². The number of hydrogen-bond acceptors (Lipinski definition) is 2. The van der Waals surface area contributed by atoms with E-state index in [2.05, 4.69) is 19.2 Å². The molecule has 42 valence electrons. The molecule has 0 bridgehead atoms. The molecule has 0 aromatic heterocycles. The zero-order chi connectivity index (χ0) is 5.28. The fourth-order valence-electron chi connectivity index (χ4n) is 0.516. The highest BCUT2D eigenvalue weighted by atomic mass is 16.6. The van der Waals surface area contributed by atoms with Gasteiger partial charge in [0, 0.05) is 6.04 Å². The van der Waals surface area contributed by atoms with Gasteiger partial charge in [-0.15, -0.1) is 0 Å². The van der Waals surface area contributed by atoms with E-state index in [1.54, 1.807) is 0 Å². The van der Waals surface area contributed by atoms with Gasteiger partial charge in [-0.1, -0.05) is 0 Å². The largest absolute Gasteiger partial charge is 0.357 e. The van der Waals surface area contributed by atoms with Crippen molar-refractivity contribution in [2.75, 3.05) is 6.61 Å². The Labute approximate surface area is 43.9 Å². The van der Waals surface area contributed by atoms with Gasteiger partial charge in [-0.3, -0.25) is 5.32 Å². The Morgan fingerprint density at radius 3 is 2.43 bits per heavy atom. The van der Waals surface area contributed by atoms with Gasteiger partial charge in [-0.25, -0.2) is 0 Å². The average molecular weight is 101 g/mol. The molecule has 2 nitrogen and oxygen atoms in total. The van der Waals surface area contributed by atoms with E-state index in [1.165, 1.54) is 0 Å². The molecule has 1 aliphatic heterocycles. The predicted octanol–water partition coefficient (Wildman–Crippen LogP) is 0.341. The first-order valence-corrected chi connectivity index (χ1v) is 2.66. The van der Waals surface area contributed by atoms with Crippen LogP contribution in [0.25, 0.3) is 0 Å². The predicted molar refractivity (Wildman–Crippen MR) is 28.0 cm³/mol. The Kier molecular flexibility index (Phi) is 1.30. The molecule has 0 amide bonds. The Balaban J connectivity index is 1.97. The standard InChI is InChI=1S/C5H11NO/c1-4(2)6-5-3-7-5/h4-6H,3H2,1-2H3. The Morgan fingerprint density at radius 2 is 2.29 bits per heavy atom. The molecular weight excluding hydrogens is 90.1 g/mol. The maximum absolute atomic E-state index is 4.91. The Morgan fingerprint density at radius 1 is 1.71 bits per heavy atom. The molecule has 1 aliphatic rings. The van der Waals surface area contributed by atoms with Crippen LogP contribution in [-0.4, -0.2) is 18.9 Å². The molecule has 1 fully saturated rings. The number of rotatable bonds is 2. The van der Waals surface area contributed by atoms with Crippen molar-refractivity contribution in [2.45, 2.75) is 26.1 Å². The summed E-state index contributed by atoms with van der Waals surface area (Å²) in [6, 6.07) is 0.562. The molecule has 0 saturated carbocycles. The normalized spacial score (nSPS) is 28.7. The lowest BCUT2D eigenvalue weighted by Crippen LogP contribution is -2.25. The Hall–Kier alpha value is -0.0800. The zero-order valence-electron chi connectivity index (χ0n) is 4.77. The number of hydrogen-bond donors (Lipinski definition) is 1. The molecule has 1 heterocycles. The summed E-state index contributed by atoms with van der Waals surface area (Å²) < 4.78 is 4.91. The van der Waals surface area contributed by atoms with Gasteiger partial charge in [0.05, 0.1) is 6.61 Å². The van der Waals surface area contributed by atoms with Crippen molar-refractivity contribution >= 4 is 0 Å². The second-order valence-electron chi connectivity index (χ2n) is 2.14. The van der Waals surface area contributed by atoms with Gasteiger partial charge in [-0.2, -0.15) is 0 Å². The summed E-state index contributed by atoms with van der Waals surface area (Å²) in [6.45, 7) is 5.13. The summed E-state index contributed by atoms with van der Waals surface area (Å²) in [5.41, 5.74) is 0. The summed E-state index contributed by atoms with van der Waals surface area (Å²) in [5.74, 6) is 0. The van der Waals surface area contributed by atoms with Crippen LogP contribution in [-0.2, 0) is 4.74 Å². The highest BCUT2D eigenvalue weighted by Crippen LogP contribution is 2.04. The molecule has 0 aromatic rings. The van der Waals surface area contributed by atoms with Gasteiger partial charge >= 0.3 is 0 Å². The first kappa shape index (κ1) is 5.06. The van der Waals surface area contributed by atoms with Crippen molar-refractivity contribution < 1.29 is 4.74 Å². The van der Waals surface area contributed by atoms with Gasteiger partial charge in [-0.05, 0) is 13.8 Å². The smallest absolute Gasteiger partial charge is 0.132 e. The number of epoxide rings is 1. The van der Waals surface area contributed by atoms with Crippen LogP contribution >= 0.6 is 0 Å². The molecule has 0 spiro atoms. The van der Waals surface area contributed by atoms with Crippen LogP contribution in [0.1, 0.15) is 13.8 Å². The minimum atomic E-state index is 0.375. The molecule has 7 heavy (non-hydrogen) atoms. The van der Waals surface area contributed by atoms with Crippen LogP contribution < -0.4 is 5.32 Å². The van der Waals surface area contributed by atoms with Gasteiger partial charge in [0.15, 0.2) is 0 Å². The van der Waals surface area contributed by atoms with Gasteiger partial charge in [0.25, 0.3) is 0 Å². The fraction of sp³-hybridized carbons (Fsp3) is 1.00. The third kappa shape index (κ3) is 1.90. The lowest BCUT2D eigenvalue weighted by atomic mass is 10.4. The number of nitrogens with one attached hydrogen (secondary N) is 1. The summed E-state index contributed by atoms with van der Waals surface area (Å²) in [6.07, 6.45) is 0.375. The minimum Gasteiger partial charge on any atom is -0.357 e. The fourth-order valence-corrected chi connectivity index (χ4v) is 0.516. The van der Waals surface area contributed by atoms with E-state index in [9.17, 15) is 0 Å². The molecule has 0 aromatic carbocycles. The summed E-state index contributed by atoms with van der Waals surface area (Å²) >= 11 is 0. The molecule has 0 aliphatic carbocycles. The first-order valence-electron chi connectivity index (χ1n) is 2.66. The van der Waals surface area contributed by atoms with Crippen LogP contribution in [0.15, 0.2) is 0 Å². The maximum atomic E-state index is 4.91. The van der Waals surface area contributed by atoms with E-state index in [0.29, 0.717) is 12.3 Å². The third-order valence-corrected chi connectivity index (χ3v) is 0.853. The SMILES string of the molecule is CC(C)NC1CO1. The lowest BCUT2D eigenvalue weighted by Gasteiger charge is -2.00. The van der Waals surface area contributed by atoms with E-state index in [4.69, 9.17) is 4.74 Å². The van der Waals surface area contributed by atoms with Gasteiger partial charge < -0.3 is 4.74 Å². The van der Waals surface area contributed by atoms with E-state index < -0.39 is 0 Å².